The average Bonchev–Trinajstić information content (AvgIpc) is 1.52. The van der Waals surface area contributed by atoms with Crippen molar-refractivity contribution >= 4 is 31.9 Å². The predicted octanol–water partition coefficient (Wildman–Crippen LogP) is 2.56. The van der Waals surface area contributed by atoms with Gasteiger partial charge in [0.05, 0.1) is 0 Å². The second-order valence-electron chi connectivity index (χ2n) is 0.582. The van der Waals surface area contributed by atoms with Gasteiger partial charge in [0.25, 0.3) is 0 Å². The van der Waals surface area contributed by atoms with Gasteiger partial charge in [0.1, 0.15) is 0 Å². The number of rotatable bonds is 3. The molecule has 0 radical (unpaired) electrons. The Morgan fingerprint density at radius 3 is 2.17 bits per heavy atom. The number of halogens is 2. The van der Waals surface area contributed by atoms with E-state index in [0.717, 1.165) is 0 Å². The second-order valence-corrected chi connectivity index (χ2v) is 1.54. The topological polar surface area (TPSA) is 0 Å². The lowest BCUT2D eigenvalue weighted by molar-refractivity contribution is 0.919. The molecule has 0 aliphatic rings. The zero-order chi connectivity index (χ0) is 10.2. The zero-order valence-electron chi connectivity index (χ0n) is 8.96. The summed E-state index contributed by atoms with van der Waals surface area (Å²) < 4.78 is 42.5. The van der Waals surface area contributed by atoms with Crippen LogP contribution in [0.15, 0.2) is 0 Å². The Morgan fingerprint density at radius 2 is 2.00 bits per heavy atom. The second kappa shape index (κ2) is 5.96. The smallest absolute Gasteiger partial charge is 0.0387 e. The van der Waals surface area contributed by atoms with Crippen LogP contribution in [0, 0.1) is 0 Å². The third kappa shape index (κ3) is 4.96. The quantitative estimate of drug-likeness (QED) is 0.643. The molecular weight excluding hydrogens is 208 g/mol. The van der Waals surface area contributed by atoms with E-state index in [1.165, 1.54) is 0 Å². The van der Waals surface area contributed by atoms with E-state index < -0.39 is 23.4 Å². The van der Waals surface area contributed by atoms with E-state index in [0.29, 0.717) is 0 Å². The molecule has 0 aromatic rings. The van der Waals surface area contributed by atoms with Gasteiger partial charge < -0.3 is 0 Å². The summed E-state index contributed by atoms with van der Waals surface area (Å²) in [5, 5.41) is -4.11. The van der Waals surface area contributed by atoms with Crippen molar-refractivity contribution in [3.8, 4) is 0 Å². The van der Waals surface area contributed by atoms with Gasteiger partial charge in [0.2, 0.25) is 0 Å². The zero-order valence-corrected chi connectivity index (χ0v) is 6.14. The molecule has 0 amide bonds. The summed E-state index contributed by atoms with van der Waals surface area (Å²) in [6.45, 7) is 0. The van der Waals surface area contributed by atoms with E-state index in [4.69, 9.17) is 8.22 Å². The molecule has 0 heterocycles. The molecule has 0 aliphatic heterocycles. The van der Waals surface area contributed by atoms with Crippen molar-refractivity contribution in [1.82, 2.24) is 0 Å². The molecule has 2 heteroatoms. The Morgan fingerprint density at radius 1 is 1.33 bits per heavy atom. The van der Waals surface area contributed by atoms with Crippen LogP contribution in [-0.2, 0) is 0 Å². The van der Waals surface area contributed by atoms with Crippen molar-refractivity contribution < 1.29 is 8.22 Å². The number of alkyl halides is 2. The monoisotopic (exact) mass is 220 g/mol. The van der Waals surface area contributed by atoms with E-state index in [2.05, 4.69) is 31.9 Å². The fourth-order valence-electron chi connectivity index (χ4n) is 0.0668. The maximum absolute atomic E-state index is 7.21. The van der Waals surface area contributed by atoms with Crippen LogP contribution in [0.1, 0.15) is 21.0 Å². The van der Waals surface area contributed by atoms with E-state index in [-0.39, 0.29) is 0 Å². The van der Waals surface area contributed by atoms with E-state index in [1.807, 2.05) is 0 Å². The highest BCUT2D eigenvalue weighted by Crippen LogP contribution is 1.95. The highest BCUT2D eigenvalue weighted by Gasteiger charge is 1.77. The number of hydrogen-bond donors (Lipinski definition) is 0. The summed E-state index contributed by atoms with van der Waals surface area (Å²) >= 11 is 5.14. The SMILES string of the molecule is [2H]C([2H])(Br)CC([2H])([2H])C([2H])([2H])Br. The molecule has 0 N–H and O–H groups in total. The van der Waals surface area contributed by atoms with E-state index in [1.54, 1.807) is 0 Å². The van der Waals surface area contributed by atoms with Gasteiger partial charge >= 0.3 is 0 Å². The Hall–Kier alpha value is 0.960. The summed E-state index contributed by atoms with van der Waals surface area (Å²) in [5.41, 5.74) is 0. The van der Waals surface area contributed by atoms with Gasteiger partial charge in [-0.25, -0.2) is 0 Å². The van der Waals surface area contributed by atoms with Gasteiger partial charge in [-0.05, 0) is 12.8 Å². The molecule has 0 spiro atoms. The molecule has 0 aromatic heterocycles. The molecule has 0 aromatic carbocycles. The maximum Gasteiger partial charge on any atom is 0.0387 e. The summed E-state index contributed by atoms with van der Waals surface area (Å²) in [6.07, 6.45) is -2.81. The van der Waals surface area contributed by atoms with Crippen LogP contribution in [-0.4, -0.2) is 10.6 Å². The molecule has 0 atom stereocenters. The van der Waals surface area contributed by atoms with Crippen LogP contribution < -0.4 is 0 Å². The molecule has 0 aliphatic carbocycles. The lowest BCUT2D eigenvalue weighted by Gasteiger charge is -1.83. The third-order valence-corrected chi connectivity index (χ3v) is 0.783. The minimum Gasteiger partial charge on any atom is -0.0928 e. The van der Waals surface area contributed by atoms with Crippen LogP contribution in [0.4, 0.5) is 0 Å². The summed E-state index contributed by atoms with van der Waals surface area (Å²) in [7, 11) is 0. The standard InChI is InChI=1S/C4H8Br2/c5-3-1-2-4-6/h1-4H2/i1D2,3D2,4D2. The molecule has 0 fully saturated rings. The van der Waals surface area contributed by atoms with Crippen molar-refractivity contribution in [2.45, 2.75) is 12.8 Å². The van der Waals surface area contributed by atoms with Gasteiger partial charge in [-0.15, -0.1) is 0 Å². The average molecular weight is 222 g/mol. The molecule has 38 valence electrons. The van der Waals surface area contributed by atoms with Crippen LogP contribution in [0.3, 0.4) is 0 Å². The Balaban J connectivity index is 4.44. The first kappa shape index (κ1) is 1.73. The molecule has 0 saturated heterocycles. The first-order chi connectivity index (χ1) is 4.96. The number of hydrogen-bond acceptors (Lipinski definition) is 0. The molecule has 0 nitrogen and oxygen atoms in total. The van der Waals surface area contributed by atoms with E-state index >= 15 is 0 Å². The van der Waals surface area contributed by atoms with Gasteiger partial charge in [-0.3, -0.25) is 0 Å². The third-order valence-electron chi connectivity index (χ3n) is 0.222. The maximum atomic E-state index is 7.21. The van der Waals surface area contributed by atoms with Crippen LogP contribution in [0.2, 0.25) is 0 Å². The predicted molar refractivity (Wildman–Crippen MR) is 36.8 cm³/mol. The minimum atomic E-state index is -2.25. The Labute approximate surface area is 64.0 Å². The fourth-order valence-corrected chi connectivity index (χ4v) is 0.347. The van der Waals surface area contributed by atoms with Gasteiger partial charge in [0, 0.05) is 18.8 Å². The fraction of sp³-hybridized carbons (Fsp3) is 1.00. The highest BCUT2D eigenvalue weighted by molar-refractivity contribution is 9.09. The van der Waals surface area contributed by atoms with Crippen molar-refractivity contribution in [3.63, 3.8) is 0 Å². The minimum absolute atomic E-state index is 0.557. The summed E-state index contributed by atoms with van der Waals surface area (Å²) in [4.78, 5) is 0. The highest BCUT2D eigenvalue weighted by atomic mass is 79.9. The van der Waals surface area contributed by atoms with Crippen molar-refractivity contribution in [1.29, 1.82) is 0 Å². The van der Waals surface area contributed by atoms with E-state index in [9.17, 15) is 0 Å². The Kier molecular flexibility index (Phi) is 1.72. The normalized spacial score (nSPS) is 31.0. The first-order valence-electron chi connectivity index (χ1n) is 4.34. The van der Waals surface area contributed by atoms with Crippen molar-refractivity contribution in [3.05, 3.63) is 0 Å². The summed E-state index contributed by atoms with van der Waals surface area (Å²) in [6, 6.07) is 0. The van der Waals surface area contributed by atoms with Crippen LogP contribution >= 0.6 is 31.9 Å². The van der Waals surface area contributed by atoms with Crippen molar-refractivity contribution in [2.24, 2.45) is 0 Å². The molecule has 0 saturated carbocycles. The van der Waals surface area contributed by atoms with Crippen LogP contribution in [0.25, 0.3) is 0 Å². The largest absolute Gasteiger partial charge is 0.0928 e. The molecule has 6 heavy (non-hydrogen) atoms. The molecule has 0 unspecified atom stereocenters. The first-order valence-corrected chi connectivity index (χ1v) is 2.92. The Bertz CT molecular complexity index is 156. The van der Waals surface area contributed by atoms with Crippen LogP contribution in [0.5, 0.6) is 0 Å². The summed E-state index contributed by atoms with van der Waals surface area (Å²) in [5.74, 6) is 0. The molecule has 0 rings (SSSR count). The molecule has 0 bridgehead atoms. The van der Waals surface area contributed by atoms with Gasteiger partial charge in [-0.1, -0.05) is 31.9 Å². The lowest BCUT2D eigenvalue weighted by Crippen LogP contribution is -1.73. The lowest BCUT2D eigenvalue weighted by atomic mass is 10.4. The van der Waals surface area contributed by atoms with Crippen molar-refractivity contribution in [2.75, 3.05) is 10.6 Å². The van der Waals surface area contributed by atoms with Gasteiger partial charge in [-0.2, -0.15) is 0 Å². The molecular formula is C4H8Br2. The van der Waals surface area contributed by atoms with Gasteiger partial charge in [0.15, 0.2) is 0 Å².